The molecular weight excluding hydrogens is 236 g/mol. The molecule has 0 aromatic carbocycles. The molecule has 0 spiro atoms. The Kier molecular flexibility index (Phi) is 2.25. The summed E-state index contributed by atoms with van der Waals surface area (Å²) in [5.74, 6) is 0.803. The minimum absolute atomic E-state index is 0.803. The third-order valence-electron chi connectivity index (χ3n) is 2.31. The van der Waals surface area contributed by atoms with Gasteiger partial charge in [0.15, 0.2) is 5.82 Å². The molecule has 0 bridgehead atoms. The van der Waals surface area contributed by atoms with Gasteiger partial charge in [-0.1, -0.05) is 11.3 Å². The smallest absolute Gasteiger partial charge is 0.234 e. The summed E-state index contributed by atoms with van der Waals surface area (Å²) >= 11 is 1.51. The van der Waals surface area contributed by atoms with Crippen molar-refractivity contribution in [3.05, 3.63) is 28.8 Å². The number of aromatic nitrogens is 6. The van der Waals surface area contributed by atoms with E-state index in [0.717, 1.165) is 21.4 Å². The maximum Gasteiger partial charge on any atom is 0.234 e. The van der Waals surface area contributed by atoms with Crippen LogP contribution in [-0.2, 0) is 7.05 Å². The van der Waals surface area contributed by atoms with Crippen molar-refractivity contribution in [1.82, 2.24) is 29.6 Å². The van der Waals surface area contributed by atoms with Gasteiger partial charge in [-0.3, -0.25) is 4.68 Å². The number of rotatable bonds is 2. The van der Waals surface area contributed by atoms with Crippen LogP contribution in [0.1, 0.15) is 16.4 Å². The van der Waals surface area contributed by atoms with Crippen molar-refractivity contribution in [2.75, 3.05) is 0 Å². The van der Waals surface area contributed by atoms with Crippen molar-refractivity contribution in [2.45, 2.75) is 6.92 Å². The van der Waals surface area contributed by atoms with Gasteiger partial charge >= 0.3 is 0 Å². The lowest BCUT2D eigenvalue weighted by Crippen LogP contribution is -1.87. The molecule has 17 heavy (non-hydrogen) atoms. The van der Waals surface area contributed by atoms with Crippen molar-refractivity contribution in [2.24, 2.45) is 7.05 Å². The third-order valence-corrected chi connectivity index (χ3v) is 3.17. The largest absolute Gasteiger partial charge is 0.275 e. The summed E-state index contributed by atoms with van der Waals surface area (Å²) < 4.78 is 3.51. The van der Waals surface area contributed by atoms with Crippen LogP contribution in [0.4, 0.5) is 0 Å². The molecule has 0 saturated heterocycles. The monoisotopic (exact) mass is 246 g/mol. The molecule has 0 radical (unpaired) electrons. The molecule has 0 saturated carbocycles. The van der Waals surface area contributed by atoms with Gasteiger partial charge in [0.25, 0.3) is 0 Å². The Bertz CT molecular complexity index is 689. The molecule has 0 amide bonds. The molecule has 3 heterocycles. The first-order valence-electron chi connectivity index (χ1n) is 5.08. The van der Waals surface area contributed by atoms with Gasteiger partial charge in [0.05, 0.1) is 6.20 Å². The second kappa shape index (κ2) is 3.77. The Morgan fingerprint density at radius 3 is 2.88 bits per heavy atom. The van der Waals surface area contributed by atoms with Crippen molar-refractivity contribution >= 4 is 28.4 Å². The van der Waals surface area contributed by atoms with Gasteiger partial charge in [-0.2, -0.15) is 14.7 Å². The summed E-state index contributed by atoms with van der Waals surface area (Å²) in [6.45, 7) is 1.88. The minimum Gasteiger partial charge on any atom is -0.275 e. The summed E-state index contributed by atoms with van der Waals surface area (Å²) in [5, 5.41) is 17.3. The Labute approximate surface area is 101 Å². The molecule has 3 aromatic rings. The highest BCUT2D eigenvalue weighted by atomic mass is 32.1. The van der Waals surface area contributed by atoms with Gasteiger partial charge < -0.3 is 0 Å². The molecule has 0 fully saturated rings. The van der Waals surface area contributed by atoms with E-state index < -0.39 is 0 Å². The highest BCUT2D eigenvalue weighted by Gasteiger charge is 2.05. The standard InChI is InChI=1S/C10H10N6S/c1-7-12-13-10-16(7)14-9(17-10)4-3-8-5-11-15(2)6-8/h3-6H,1-2H3/b4-3+. The van der Waals surface area contributed by atoms with Crippen molar-refractivity contribution < 1.29 is 0 Å². The first kappa shape index (κ1) is 10.2. The van der Waals surface area contributed by atoms with Crippen LogP contribution >= 0.6 is 11.3 Å². The first-order chi connectivity index (χ1) is 8.22. The fraction of sp³-hybridized carbons (Fsp3) is 0.200. The molecule has 0 unspecified atom stereocenters. The van der Waals surface area contributed by atoms with E-state index in [-0.39, 0.29) is 0 Å². The molecule has 3 rings (SSSR count). The van der Waals surface area contributed by atoms with Crippen LogP contribution in [0.3, 0.4) is 0 Å². The second-order valence-corrected chi connectivity index (χ2v) is 4.65. The Balaban J connectivity index is 1.91. The molecular formula is C10H10N6S. The highest BCUT2D eigenvalue weighted by Crippen LogP contribution is 2.16. The van der Waals surface area contributed by atoms with Crippen molar-refractivity contribution in [3.63, 3.8) is 0 Å². The molecule has 6 nitrogen and oxygen atoms in total. The fourth-order valence-corrected chi connectivity index (χ4v) is 2.28. The number of hydrogen-bond acceptors (Lipinski definition) is 5. The minimum atomic E-state index is 0.803. The molecule has 0 N–H and O–H groups in total. The van der Waals surface area contributed by atoms with Crippen molar-refractivity contribution in [3.8, 4) is 0 Å². The number of nitrogens with zero attached hydrogens (tertiary/aromatic N) is 6. The van der Waals surface area contributed by atoms with E-state index in [1.807, 2.05) is 38.5 Å². The topological polar surface area (TPSA) is 60.9 Å². The number of fused-ring (bicyclic) bond motifs is 1. The van der Waals surface area contributed by atoms with Crippen LogP contribution in [0, 0.1) is 6.92 Å². The van der Waals surface area contributed by atoms with Gasteiger partial charge in [-0.25, -0.2) is 0 Å². The lowest BCUT2D eigenvalue weighted by atomic mass is 10.3. The van der Waals surface area contributed by atoms with E-state index in [1.54, 1.807) is 9.20 Å². The zero-order valence-electron chi connectivity index (χ0n) is 9.40. The zero-order valence-corrected chi connectivity index (χ0v) is 10.2. The van der Waals surface area contributed by atoms with E-state index in [9.17, 15) is 0 Å². The average molecular weight is 246 g/mol. The lowest BCUT2D eigenvalue weighted by molar-refractivity contribution is 0.767. The molecule has 7 heteroatoms. The maximum absolute atomic E-state index is 4.39. The quantitative estimate of drug-likeness (QED) is 0.685. The highest BCUT2D eigenvalue weighted by molar-refractivity contribution is 7.17. The van der Waals surface area contributed by atoms with E-state index in [2.05, 4.69) is 20.4 Å². The van der Waals surface area contributed by atoms with Gasteiger partial charge in [0, 0.05) is 18.8 Å². The predicted molar refractivity (Wildman–Crippen MR) is 65.5 cm³/mol. The van der Waals surface area contributed by atoms with Crippen LogP contribution in [0.25, 0.3) is 17.1 Å². The van der Waals surface area contributed by atoms with E-state index in [0.29, 0.717) is 0 Å². The van der Waals surface area contributed by atoms with Gasteiger partial charge in [-0.05, 0) is 19.1 Å². The van der Waals surface area contributed by atoms with Gasteiger partial charge in [0.2, 0.25) is 4.96 Å². The third kappa shape index (κ3) is 1.84. The predicted octanol–water partition coefficient (Wildman–Crippen LogP) is 1.40. The molecule has 0 aliphatic rings. The van der Waals surface area contributed by atoms with E-state index >= 15 is 0 Å². The van der Waals surface area contributed by atoms with Crippen LogP contribution in [0.5, 0.6) is 0 Å². The first-order valence-corrected chi connectivity index (χ1v) is 5.89. The lowest BCUT2D eigenvalue weighted by Gasteiger charge is -1.84. The van der Waals surface area contributed by atoms with Gasteiger partial charge in [0.1, 0.15) is 5.01 Å². The Morgan fingerprint density at radius 1 is 1.29 bits per heavy atom. The normalized spacial score (nSPS) is 11.9. The summed E-state index contributed by atoms with van der Waals surface area (Å²) in [6, 6.07) is 0. The summed E-state index contributed by atoms with van der Waals surface area (Å²) in [7, 11) is 1.89. The van der Waals surface area contributed by atoms with Crippen LogP contribution < -0.4 is 0 Å². The summed E-state index contributed by atoms with van der Waals surface area (Å²) in [5.41, 5.74) is 1.05. The van der Waals surface area contributed by atoms with E-state index in [4.69, 9.17) is 0 Å². The zero-order chi connectivity index (χ0) is 11.8. The summed E-state index contributed by atoms with van der Waals surface area (Å²) in [6.07, 6.45) is 7.69. The fourth-order valence-electron chi connectivity index (χ4n) is 1.49. The molecule has 0 aliphatic heterocycles. The molecule has 3 aromatic heterocycles. The molecule has 0 aliphatic carbocycles. The van der Waals surface area contributed by atoms with Gasteiger partial charge in [-0.15, -0.1) is 10.2 Å². The van der Waals surface area contributed by atoms with E-state index in [1.165, 1.54) is 11.3 Å². The second-order valence-electron chi connectivity index (χ2n) is 3.66. The Morgan fingerprint density at radius 2 is 2.18 bits per heavy atom. The molecule has 0 atom stereocenters. The Hall–Kier alpha value is -2.02. The van der Waals surface area contributed by atoms with Crippen LogP contribution in [0.2, 0.25) is 0 Å². The van der Waals surface area contributed by atoms with Crippen LogP contribution in [0.15, 0.2) is 12.4 Å². The van der Waals surface area contributed by atoms with Crippen molar-refractivity contribution in [1.29, 1.82) is 0 Å². The average Bonchev–Trinajstić information content (AvgIpc) is 2.95. The number of hydrogen-bond donors (Lipinski definition) is 0. The SMILES string of the molecule is Cc1nnc2sc(/C=C/c3cnn(C)c3)nn12. The summed E-state index contributed by atoms with van der Waals surface area (Å²) in [4.78, 5) is 0.813. The molecule has 86 valence electrons. The number of aryl methyl sites for hydroxylation is 2. The van der Waals surface area contributed by atoms with Crippen LogP contribution in [-0.4, -0.2) is 29.6 Å². The maximum atomic E-state index is 4.39.